The van der Waals surface area contributed by atoms with E-state index < -0.39 is 0 Å². The van der Waals surface area contributed by atoms with Gasteiger partial charge < -0.3 is 0 Å². The molecule has 0 N–H and O–H groups in total. The summed E-state index contributed by atoms with van der Waals surface area (Å²) in [5.41, 5.74) is 3.79. The minimum Gasteiger partial charge on any atom is -0.289 e. The maximum atomic E-state index is 12.9. The van der Waals surface area contributed by atoms with Crippen molar-refractivity contribution in [1.29, 1.82) is 0 Å². The maximum absolute atomic E-state index is 12.9. The zero-order valence-corrected chi connectivity index (χ0v) is 11.8. The van der Waals surface area contributed by atoms with E-state index >= 15 is 0 Å². The molecular weight excluding hydrogens is 268 g/mol. The van der Waals surface area contributed by atoms with Gasteiger partial charge in [0, 0.05) is 11.1 Å². The third-order valence-electron chi connectivity index (χ3n) is 4.58. The van der Waals surface area contributed by atoms with E-state index in [1.165, 1.54) is 5.39 Å². The van der Waals surface area contributed by atoms with E-state index in [0.29, 0.717) is 0 Å². The molecule has 0 saturated carbocycles. The molecule has 0 heterocycles. The van der Waals surface area contributed by atoms with Gasteiger partial charge >= 0.3 is 0 Å². The van der Waals surface area contributed by atoms with E-state index in [1.807, 2.05) is 36.4 Å². The first-order valence-electron chi connectivity index (χ1n) is 7.42. The average molecular weight is 280 g/mol. The second kappa shape index (κ2) is 4.05. The Morgan fingerprint density at radius 1 is 0.545 bits per heavy atom. The van der Waals surface area contributed by atoms with Crippen LogP contribution in [0, 0.1) is 0 Å². The number of benzene rings is 4. The summed E-state index contributed by atoms with van der Waals surface area (Å²) >= 11 is 0. The number of carbonyl (C=O) groups excluding carboxylic acids is 1. The number of rotatable bonds is 0. The molecule has 0 atom stereocenters. The van der Waals surface area contributed by atoms with Crippen molar-refractivity contribution in [1.82, 2.24) is 0 Å². The summed E-state index contributed by atoms with van der Waals surface area (Å²) in [6.45, 7) is 0. The molecule has 0 radical (unpaired) electrons. The quantitative estimate of drug-likeness (QED) is 0.381. The predicted molar refractivity (Wildman–Crippen MR) is 90.3 cm³/mol. The van der Waals surface area contributed by atoms with Crippen molar-refractivity contribution < 1.29 is 4.79 Å². The molecule has 5 rings (SSSR count). The smallest absolute Gasteiger partial charge is 0.194 e. The van der Waals surface area contributed by atoms with Crippen molar-refractivity contribution in [2.75, 3.05) is 0 Å². The highest BCUT2D eigenvalue weighted by Gasteiger charge is 2.28. The number of fused-ring (bicyclic) bond motifs is 6. The molecule has 0 spiro atoms. The van der Waals surface area contributed by atoms with Gasteiger partial charge in [0.2, 0.25) is 0 Å². The lowest BCUT2D eigenvalue weighted by Crippen LogP contribution is -1.96. The topological polar surface area (TPSA) is 17.1 Å². The molecule has 4 aromatic rings. The Morgan fingerprint density at radius 2 is 1.18 bits per heavy atom. The molecule has 1 aliphatic rings. The third kappa shape index (κ3) is 1.40. The second-order valence-corrected chi connectivity index (χ2v) is 5.78. The van der Waals surface area contributed by atoms with E-state index in [4.69, 9.17) is 0 Å². The summed E-state index contributed by atoms with van der Waals surface area (Å²) in [7, 11) is 0. The fourth-order valence-electron chi connectivity index (χ4n) is 3.53. The van der Waals surface area contributed by atoms with Crippen LogP contribution in [-0.4, -0.2) is 5.78 Å². The van der Waals surface area contributed by atoms with E-state index in [1.54, 1.807) is 0 Å². The van der Waals surface area contributed by atoms with E-state index in [9.17, 15) is 4.79 Å². The van der Waals surface area contributed by atoms with Gasteiger partial charge in [-0.05, 0) is 44.8 Å². The van der Waals surface area contributed by atoms with Gasteiger partial charge in [-0.25, -0.2) is 0 Å². The molecular formula is C21H12O. The summed E-state index contributed by atoms with van der Waals surface area (Å²) < 4.78 is 0. The highest BCUT2D eigenvalue weighted by molar-refractivity contribution is 6.28. The first-order chi connectivity index (χ1) is 10.8. The van der Waals surface area contributed by atoms with Crippen molar-refractivity contribution in [3.63, 3.8) is 0 Å². The van der Waals surface area contributed by atoms with E-state index in [-0.39, 0.29) is 5.78 Å². The number of hydrogen-bond donors (Lipinski definition) is 0. The van der Waals surface area contributed by atoms with Gasteiger partial charge in [0.1, 0.15) is 0 Å². The van der Waals surface area contributed by atoms with Crippen LogP contribution >= 0.6 is 0 Å². The fourth-order valence-corrected chi connectivity index (χ4v) is 3.53. The number of ketones is 1. The van der Waals surface area contributed by atoms with Crippen LogP contribution in [0.5, 0.6) is 0 Å². The monoisotopic (exact) mass is 280 g/mol. The van der Waals surface area contributed by atoms with Crippen molar-refractivity contribution in [2.45, 2.75) is 0 Å². The van der Waals surface area contributed by atoms with Gasteiger partial charge in [-0.3, -0.25) is 4.79 Å². The molecule has 0 aliphatic heterocycles. The predicted octanol–water partition coefficient (Wildman–Crippen LogP) is 5.20. The Morgan fingerprint density at radius 3 is 1.95 bits per heavy atom. The molecule has 0 fully saturated rings. The van der Waals surface area contributed by atoms with Crippen LogP contribution in [-0.2, 0) is 0 Å². The van der Waals surface area contributed by atoms with E-state index in [2.05, 4.69) is 36.4 Å². The van der Waals surface area contributed by atoms with E-state index in [0.717, 1.165) is 38.4 Å². The maximum Gasteiger partial charge on any atom is 0.194 e. The molecule has 0 bridgehead atoms. The number of hydrogen-bond acceptors (Lipinski definition) is 1. The molecule has 102 valence electrons. The summed E-state index contributed by atoms with van der Waals surface area (Å²) in [6.07, 6.45) is 0. The Labute approximate surface area is 127 Å². The minimum atomic E-state index is 0.146. The highest BCUT2D eigenvalue weighted by atomic mass is 16.1. The van der Waals surface area contributed by atoms with Crippen LogP contribution in [0.4, 0.5) is 0 Å². The number of carbonyl (C=O) groups is 1. The van der Waals surface area contributed by atoms with Crippen molar-refractivity contribution in [3.05, 3.63) is 83.9 Å². The first kappa shape index (κ1) is 11.7. The van der Waals surface area contributed by atoms with Gasteiger partial charge in [0.05, 0.1) is 0 Å². The Hall–Kier alpha value is -2.93. The Balaban J connectivity index is 1.93. The minimum absolute atomic E-state index is 0.146. The molecule has 22 heavy (non-hydrogen) atoms. The van der Waals surface area contributed by atoms with Gasteiger partial charge in [-0.1, -0.05) is 60.7 Å². The Kier molecular flexibility index (Phi) is 2.15. The van der Waals surface area contributed by atoms with Crippen LogP contribution in [0.2, 0.25) is 0 Å². The van der Waals surface area contributed by atoms with Crippen molar-refractivity contribution >= 4 is 27.3 Å². The summed E-state index contributed by atoms with van der Waals surface area (Å²) in [5, 5.41) is 4.46. The fraction of sp³-hybridized carbons (Fsp3) is 0. The van der Waals surface area contributed by atoms with Gasteiger partial charge in [0.25, 0.3) is 0 Å². The average Bonchev–Trinajstić information content (AvgIpc) is 2.85. The lowest BCUT2D eigenvalue weighted by Gasteiger charge is -2.04. The Bertz CT molecular complexity index is 1090. The SMILES string of the molecule is O=C1c2cc3ccccc3cc2-c2ccc3ccccc3c21. The zero-order valence-electron chi connectivity index (χ0n) is 11.8. The third-order valence-corrected chi connectivity index (χ3v) is 4.58. The molecule has 0 saturated heterocycles. The highest BCUT2D eigenvalue weighted by Crippen LogP contribution is 2.41. The zero-order chi connectivity index (χ0) is 14.7. The largest absolute Gasteiger partial charge is 0.289 e. The van der Waals surface area contributed by atoms with Crippen LogP contribution in [0.25, 0.3) is 32.7 Å². The summed E-state index contributed by atoms with van der Waals surface area (Å²) in [6, 6.07) is 24.7. The van der Waals surface area contributed by atoms with Gasteiger partial charge in [0.15, 0.2) is 5.78 Å². The molecule has 1 nitrogen and oxygen atoms in total. The summed E-state index contributed by atoms with van der Waals surface area (Å²) in [5.74, 6) is 0.146. The van der Waals surface area contributed by atoms with Gasteiger partial charge in [-0.2, -0.15) is 0 Å². The summed E-state index contributed by atoms with van der Waals surface area (Å²) in [4.78, 5) is 12.9. The molecule has 0 unspecified atom stereocenters. The van der Waals surface area contributed by atoms with Crippen molar-refractivity contribution in [3.8, 4) is 11.1 Å². The lowest BCUT2D eigenvalue weighted by molar-refractivity contribution is 0.104. The van der Waals surface area contributed by atoms with Crippen molar-refractivity contribution in [2.24, 2.45) is 0 Å². The standard InChI is InChI=1S/C21H12O/c22-21-19-12-15-7-2-1-6-14(15)11-18(19)17-10-9-13-5-3-4-8-16(13)20(17)21/h1-12H. The van der Waals surface area contributed by atoms with Crippen LogP contribution < -0.4 is 0 Å². The van der Waals surface area contributed by atoms with Crippen LogP contribution in [0.1, 0.15) is 15.9 Å². The first-order valence-corrected chi connectivity index (χ1v) is 7.42. The second-order valence-electron chi connectivity index (χ2n) is 5.78. The van der Waals surface area contributed by atoms with Gasteiger partial charge in [-0.15, -0.1) is 0 Å². The molecule has 4 aromatic carbocycles. The molecule has 1 heteroatoms. The molecule has 0 aromatic heterocycles. The van der Waals surface area contributed by atoms with Crippen LogP contribution in [0.3, 0.4) is 0 Å². The molecule has 1 aliphatic carbocycles. The normalized spacial score (nSPS) is 12.6. The van der Waals surface area contributed by atoms with Crippen LogP contribution in [0.15, 0.2) is 72.8 Å². The molecule has 0 amide bonds. The lowest BCUT2D eigenvalue weighted by atomic mass is 9.98.